The number of thiocarbonyl (C=S) groups is 1. The van der Waals surface area contributed by atoms with Gasteiger partial charge in [-0.15, -0.1) is 0 Å². The van der Waals surface area contributed by atoms with Crippen LogP contribution in [0.3, 0.4) is 0 Å². The van der Waals surface area contributed by atoms with Crippen molar-refractivity contribution in [2.24, 2.45) is 0 Å². The Balaban J connectivity index is 1.72. The van der Waals surface area contributed by atoms with Crippen LogP contribution in [0, 0.1) is 17.4 Å². The number of thioether (sulfide) groups is 1. The summed E-state index contributed by atoms with van der Waals surface area (Å²) in [7, 11) is 0. The number of hydrogen-bond donors (Lipinski definition) is 0. The van der Waals surface area contributed by atoms with E-state index >= 15 is 0 Å². The van der Waals surface area contributed by atoms with Crippen LogP contribution in [0.5, 0.6) is 0 Å². The Hall–Kier alpha value is -1.90. The van der Waals surface area contributed by atoms with E-state index < -0.39 is 0 Å². The van der Waals surface area contributed by atoms with Crippen molar-refractivity contribution in [1.29, 1.82) is 0 Å². The van der Waals surface area contributed by atoms with Gasteiger partial charge in [-0.05, 0) is 84.5 Å². The molecule has 0 aliphatic carbocycles. The van der Waals surface area contributed by atoms with Crippen molar-refractivity contribution < 1.29 is 4.79 Å². The average molecular weight is 516 g/mol. The third-order valence-corrected chi connectivity index (χ3v) is 6.60. The Morgan fingerprint density at radius 1 is 1.00 bits per heavy atom. The molecule has 0 bridgehead atoms. The first-order valence-electron chi connectivity index (χ1n) is 8.73. The van der Waals surface area contributed by atoms with Crippen molar-refractivity contribution in [2.75, 3.05) is 4.90 Å². The molecule has 3 aromatic rings. The number of amides is 1. The first-order valence-corrected chi connectivity index (χ1v) is 11.0. The van der Waals surface area contributed by atoms with Gasteiger partial charge in [0.05, 0.1) is 10.6 Å². The lowest BCUT2D eigenvalue weighted by molar-refractivity contribution is -0.113. The van der Waals surface area contributed by atoms with E-state index in [-0.39, 0.29) is 5.91 Å². The molecule has 0 unspecified atom stereocenters. The first kappa shape index (κ1) is 19.4. The van der Waals surface area contributed by atoms with E-state index in [0.717, 1.165) is 28.3 Å². The number of hydrogen-bond acceptors (Lipinski definition) is 3. The fourth-order valence-electron chi connectivity index (χ4n) is 3.35. The summed E-state index contributed by atoms with van der Waals surface area (Å²) in [5.41, 5.74) is 5.19. The van der Waals surface area contributed by atoms with E-state index in [9.17, 15) is 4.79 Å². The molecule has 0 N–H and O–H groups in total. The number of carbonyl (C=O) groups is 1. The quantitative estimate of drug-likeness (QED) is 0.239. The zero-order valence-electron chi connectivity index (χ0n) is 15.3. The standard InChI is InChI=1S/C22H17IN2OS2/c1-14-11-16(15(2)24(14)19-10-6-7-17(23)13-19)12-20-21(26)25(22(27)28-20)18-8-4-3-5-9-18/h3-13H,1-2H3/b20-12+. The molecule has 0 atom stereocenters. The maximum atomic E-state index is 13.0. The maximum Gasteiger partial charge on any atom is 0.270 e. The summed E-state index contributed by atoms with van der Waals surface area (Å²) < 4.78 is 3.97. The van der Waals surface area contributed by atoms with Crippen molar-refractivity contribution >= 4 is 68.6 Å². The van der Waals surface area contributed by atoms with Crippen molar-refractivity contribution in [3.8, 4) is 5.69 Å². The van der Waals surface area contributed by atoms with Gasteiger partial charge in [-0.2, -0.15) is 0 Å². The second-order valence-electron chi connectivity index (χ2n) is 6.49. The molecular weight excluding hydrogens is 499 g/mol. The molecule has 2 aromatic carbocycles. The van der Waals surface area contributed by atoms with Gasteiger partial charge in [-0.1, -0.05) is 48.2 Å². The molecule has 1 aromatic heterocycles. The van der Waals surface area contributed by atoms with Gasteiger partial charge >= 0.3 is 0 Å². The highest BCUT2D eigenvalue weighted by molar-refractivity contribution is 14.1. The fourth-order valence-corrected chi connectivity index (χ4v) is 5.17. The number of anilines is 1. The zero-order valence-corrected chi connectivity index (χ0v) is 19.1. The molecule has 3 nitrogen and oxygen atoms in total. The minimum Gasteiger partial charge on any atom is -0.318 e. The van der Waals surface area contributed by atoms with Gasteiger partial charge in [0.15, 0.2) is 4.32 Å². The van der Waals surface area contributed by atoms with E-state index in [1.165, 1.54) is 15.3 Å². The van der Waals surface area contributed by atoms with E-state index in [1.807, 2.05) is 36.4 Å². The molecule has 6 heteroatoms. The van der Waals surface area contributed by atoms with E-state index in [4.69, 9.17) is 12.2 Å². The number of aryl methyl sites for hydroxylation is 1. The van der Waals surface area contributed by atoms with Crippen molar-refractivity contribution in [1.82, 2.24) is 4.57 Å². The Morgan fingerprint density at radius 2 is 1.71 bits per heavy atom. The fraction of sp³-hybridized carbons (Fsp3) is 0.0909. The Labute approximate surface area is 187 Å². The number of carbonyl (C=O) groups excluding carboxylic acids is 1. The smallest absolute Gasteiger partial charge is 0.270 e. The molecule has 2 heterocycles. The van der Waals surface area contributed by atoms with Gasteiger partial charge in [0.1, 0.15) is 0 Å². The number of rotatable bonds is 3. The van der Waals surface area contributed by atoms with Crippen LogP contribution in [0.2, 0.25) is 0 Å². The monoisotopic (exact) mass is 516 g/mol. The van der Waals surface area contributed by atoms with Crippen LogP contribution >= 0.6 is 46.6 Å². The highest BCUT2D eigenvalue weighted by Gasteiger charge is 2.33. The summed E-state index contributed by atoms with van der Waals surface area (Å²) in [5.74, 6) is -0.0692. The van der Waals surface area contributed by atoms with Crippen molar-refractivity contribution in [3.63, 3.8) is 0 Å². The van der Waals surface area contributed by atoms with Crippen LogP contribution in [0.15, 0.2) is 65.6 Å². The van der Waals surface area contributed by atoms with Crippen LogP contribution in [-0.4, -0.2) is 14.8 Å². The number of nitrogens with zero attached hydrogens (tertiary/aromatic N) is 2. The highest BCUT2D eigenvalue weighted by atomic mass is 127. The number of halogens is 1. The van der Waals surface area contributed by atoms with Crippen molar-refractivity contribution in [3.05, 3.63) is 86.1 Å². The minimum atomic E-state index is -0.0692. The molecule has 1 saturated heterocycles. The summed E-state index contributed by atoms with van der Waals surface area (Å²) >= 11 is 9.14. The lowest BCUT2D eigenvalue weighted by Gasteiger charge is -2.13. The maximum absolute atomic E-state index is 13.0. The molecule has 0 saturated carbocycles. The predicted octanol–water partition coefficient (Wildman–Crippen LogP) is 6.10. The van der Waals surface area contributed by atoms with Gasteiger partial charge in [0.2, 0.25) is 0 Å². The van der Waals surface area contributed by atoms with E-state index in [1.54, 1.807) is 4.90 Å². The second kappa shape index (κ2) is 7.85. The minimum absolute atomic E-state index is 0.0692. The first-order chi connectivity index (χ1) is 13.5. The summed E-state index contributed by atoms with van der Waals surface area (Å²) in [4.78, 5) is 15.2. The molecule has 0 radical (unpaired) electrons. The molecule has 1 fully saturated rings. The summed E-state index contributed by atoms with van der Waals surface area (Å²) in [5, 5.41) is 0. The summed E-state index contributed by atoms with van der Waals surface area (Å²) in [6.45, 7) is 4.16. The number of aromatic nitrogens is 1. The molecule has 4 rings (SSSR count). The van der Waals surface area contributed by atoms with Gasteiger partial charge in [0, 0.05) is 20.6 Å². The Morgan fingerprint density at radius 3 is 2.43 bits per heavy atom. The molecule has 28 heavy (non-hydrogen) atoms. The largest absolute Gasteiger partial charge is 0.318 e. The molecule has 1 amide bonds. The second-order valence-corrected chi connectivity index (χ2v) is 9.42. The van der Waals surface area contributed by atoms with Crippen molar-refractivity contribution in [2.45, 2.75) is 13.8 Å². The third kappa shape index (κ3) is 3.56. The molecular formula is C22H17IN2OS2. The van der Waals surface area contributed by atoms with Crippen LogP contribution < -0.4 is 4.90 Å². The van der Waals surface area contributed by atoms with Gasteiger partial charge in [0.25, 0.3) is 5.91 Å². The van der Waals surface area contributed by atoms with Gasteiger partial charge in [-0.25, -0.2) is 0 Å². The lowest BCUT2D eigenvalue weighted by Crippen LogP contribution is -2.27. The van der Waals surface area contributed by atoms with E-state index in [2.05, 4.69) is 71.3 Å². The third-order valence-electron chi connectivity index (χ3n) is 4.63. The predicted molar refractivity (Wildman–Crippen MR) is 130 cm³/mol. The Bertz CT molecular complexity index is 1120. The summed E-state index contributed by atoms with van der Waals surface area (Å²) in [6, 6.07) is 20.0. The van der Waals surface area contributed by atoms with Gasteiger partial charge in [-0.3, -0.25) is 9.69 Å². The normalized spacial score (nSPS) is 15.7. The molecule has 140 valence electrons. The lowest BCUT2D eigenvalue weighted by atomic mass is 10.2. The van der Waals surface area contributed by atoms with Crippen LogP contribution in [0.4, 0.5) is 5.69 Å². The Kier molecular flexibility index (Phi) is 5.44. The number of benzene rings is 2. The molecule has 0 spiro atoms. The van der Waals surface area contributed by atoms with Crippen LogP contribution in [0.1, 0.15) is 17.0 Å². The van der Waals surface area contributed by atoms with Crippen LogP contribution in [0.25, 0.3) is 11.8 Å². The van der Waals surface area contributed by atoms with Gasteiger partial charge < -0.3 is 4.57 Å². The highest BCUT2D eigenvalue weighted by Crippen LogP contribution is 2.36. The average Bonchev–Trinajstić information content (AvgIpc) is 3.11. The number of para-hydroxylation sites is 1. The SMILES string of the molecule is Cc1cc(/C=C2/SC(=S)N(c3ccccc3)C2=O)c(C)n1-c1cccc(I)c1. The van der Waals surface area contributed by atoms with Crippen LogP contribution in [-0.2, 0) is 4.79 Å². The summed E-state index contributed by atoms with van der Waals surface area (Å²) in [6.07, 6.45) is 1.95. The molecule has 1 aliphatic rings. The topological polar surface area (TPSA) is 25.2 Å². The zero-order chi connectivity index (χ0) is 19.8. The molecule has 1 aliphatic heterocycles. The van der Waals surface area contributed by atoms with E-state index in [0.29, 0.717) is 9.23 Å².